The minimum atomic E-state index is -3.21. The highest BCUT2D eigenvalue weighted by molar-refractivity contribution is 5.81. The summed E-state index contributed by atoms with van der Waals surface area (Å²) in [5, 5.41) is 13.2. The lowest BCUT2D eigenvalue weighted by molar-refractivity contribution is -0.123. The Morgan fingerprint density at radius 2 is 2.19 bits per heavy atom. The SMILES string of the molecule is COCCNC(=O)C(C)NCC(F)(F)CO. The van der Waals surface area contributed by atoms with E-state index in [-0.39, 0.29) is 5.91 Å². The molecule has 0 aromatic carbocycles. The average molecular weight is 240 g/mol. The molecule has 1 atom stereocenters. The lowest BCUT2D eigenvalue weighted by atomic mass is 10.2. The number of alkyl halides is 2. The number of amides is 1. The van der Waals surface area contributed by atoms with Crippen LogP contribution in [-0.4, -0.2) is 56.4 Å². The lowest BCUT2D eigenvalue weighted by Crippen LogP contribution is -2.47. The fraction of sp³-hybridized carbons (Fsp3) is 0.889. The van der Waals surface area contributed by atoms with Crippen LogP contribution in [0.1, 0.15) is 6.92 Å². The highest BCUT2D eigenvalue weighted by atomic mass is 19.3. The number of nitrogens with one attached hydrogen (secondary N) is 2. The Bertz CT molecular complexity index is 215. The molecule has 0 aliphatic rings. The number of hydrogen-bond acceptors (Lipinski definition) is 4. The van der Waals surface area contributed by atoms with E-state index in [0.717, 1.165) is 0 Å². The van der Waals surface area contributed by atoms with Crippen LogP contribution in [0.4, 0.5) is 8.78 Å². The quantitative estimate of drug-likeness (QED) is 0.493. The largest absolute Gasteiger partial charge is 0.390 e. The van der Waals surface area contributed by atoms with E-state index in [1.807, 2.05) is 0 Å². The molecule has 0 aliphatic carbocycles. The van der Waals surface area contributed by atoms with Crippen LogP contribution >= 0.6 is 0 Å². The van der Waals surface area contributed by atoms with Gasteiger partial charge in [0.1, 0.15) is 6.61 Å². The number of ether oxygens (including phenoxy) is 1. The summed E-state index contributed by atoms with van der Waals surface area (Å²) in [6, 6.07) is -0.741. The van der Waals surface area contributed by atoms with Crippen LogP contribution in [0.2, 0.25) is 0 Å². The fourth-order valence-corrected chi connectivity index (χ4v) is 0.880. The molecule has 96 valence electrons. The molecule has 1 unspecified atom stereocenters. The first-order valence-corrected chi connectivity index (χ1v) is 4.91. The van der Waals surface area contributed by atoms with Crippen molar-refractivity contribution in [2.45, 2.75) is 18.9 Å². The summed E-state index contributed by atoms with van der Waals surface area (Å²) in [7, 11) is 1.50. The number of carbonyl (C=O) groups excluding carboxylic acids is 1. The Hall–Kier alpha value is -0.790. The summed E-state index contributed by atoms with van der Waals surface area (Å²) >= 11 is 0. The van der Waals surface area contributed by atoms with E-state index >= 15 is 0 Å². The standard InChI is InChI=1S/C9H18F2N2O3/c1-7(8(15)12-3-4-16-2)13-5-9(10,11)6-14/h7,13-14H,3-6H2,1-2H3,(H,12,15). The summed E-state index contributed by atoms with van der Waals surface area (Å²) in [5.41, 5.74) is 0. The topological polar surface area (TPSA) is 70.6 Å². The number of aliphatic hydroxyl groups excluding tert-OH is 1. The molecule has 0 bridgehead atoms. The maximum Gasteiger partial charge on any atom is 0.282 e. The van der Waals surface area contributed by atoms with Gasteiger partial charge in [0.05, 0.1) is 19.2 Å². The Balaban J connectivity index is 3.79. The third kappa shape index (κ3) is 6.65. The number of rotatable bonds is 8. The van der Waals surface area contributed by atoms with Crippen LogP contribution in [-0.2, 0) is 9.53 Å². The monoisotopic (exact) mass is 240 g/mol. The van der Waals surface area contributed by atoms with Crippen LogP contribution in [0.15, 0.2) is 0 Å². The van der Waals surface area contributed by atoms with Gasteiger partial charge in [0, 0.05) is 13.7 Å². The van der Waals surface area contributed by atoms with Crippen LogP contribution in [0.25, 0.3) is 0 Å². The molecule has 3 N–H and O–H groups in total. The van der Waals surface area contributed by atoms with Crippen LogP contribution in [0.5, 0.6) is 0 Å². The zero-order chi connectivity index (χ0) is 12.6. The molecule has 16 heavy (non-hydrogen) atoms. The molecule has 0 aliphatic heterocycles. The molecular weight excluding hydrogens is 222 g/mol. The molecule has 0 heterocycles. The predicted octanol–water partition coefficient (Wildman–Crippen LogP) is -0.645. The van der Waals surface area contributed by atoms with Gasteiger partial charge in [-0.2, -0.15) is 0 Å². The Labute approximate surface area is 93.2 Å². The van der Waals surface area contributed by atoms with Crippen LogP contribution in [0.3, 0.4) is 0 Å². The van der Waals surface area contributed by atoms with Gasteiger partial charge in [-0.25, -0.2) is 8.78 Å². The predicted molar refractivity (Wildman–Crippen MR) is 54.4 cm³/mol. The molecule has 0 radical (unpaired) electrons. The van der Waals surface area contributed by atoms with E-state index in [2.05, 4.69) is 10.6 Å². The van der Waals surface area contributed by atoms with Crippen LogP contribution in [0, 0.1) is 0 Å². The van der Waals surface area contributed by atoms with Crippen molar-refractivity contribution in [3.05, 3.63) is 0 Å². The number of methoxy groups -OCH3 is 1. The molecule has 0 aromatic heterocycles. The smallest absolute Gasteiger partial charge is 0.282 e. The van der Waals surface area contributed by atoms with Gasteiger partial charge >= 0.3 is 0 Å². The van der Waals surface area contributed by atoms with Gasteiger partial charge in [0.2, 0.25) is 5.91 Å². The van der Waals surface area contributed by atoms with E-state index < -0.39 is 25.1 Å². The molecule has 0 spiro atoms. The van der Waals surface area contributed by atoms with Crippen molar-refractivity contribution in [2.75, 3.05) is 33.4 Å². The number of halogens is 2. The van der Waals surface area contributed by atoms with Crippen molar-refractivity contribution < 1.29 is 23.4 Å². The molecule has 0 saturated heterocycles. The van der Waals surface area contributed by atoms with Crippen molar-refractivity contribution in [1.29, 1.82) is 0 Å². The number of hydrogen-bond donors (Lipinski definition) is 3. The van der Waals surface area contributed by atoms with Gasteiger partial charge in [0.25, 0.3) is 5.92 Å². The summed E-state index contributed by atoms with van der Waals surface area (Å²) in [5.74, 6) is -3.59. The second-order valence-corrected chi connectivity index (χ2v) is 3.40. The van der Waals surface area contributed by atoms with Crippen molar-refractivity contribution in [3.8, 4) is 0 Å². The summed E-state index contributed by atoms with van der Waals surface area (Å²) in [4.78, 5) is 11.3. The average Bonchev–Trinajstić information content (AvgIpc) is 2.26. The summed E-state index contributed by atoms with van der Waals surface area (Å²) < 4.78 is 30.0. The first-order chi connectivity index (χ1) is 7.43. The van der Waals surface area contributed by atoms with Crippen molar-refractivity contribution >= 4 is 5.91 Å². The Morgan fingerprint density at radius 3 is 2.69 bits per heavy atom. The molecule has 0 aromatic rings. The van der Waals surface area contributed by atoms with Gasteiger partial charge in [-0.05, 0) is 6.92 Å². The minimum Gasteiger partial charge on any atom is -0.390 e. The van der Waals surface area contributed by atoms with Crippen LogP contribution < -0.4 is 10.6 Å². The van der Waals surface area contributed by atoms with E-state index in [9.17, 15) is 13.6 Å². The van der Waals surface area contributed by atoms with E-state index in [1.54, 1.807) is 0 Å². The second kappa shape index (κ2) is 7.48. The van der Waals surface area contributed by atoms with Crippen molar-refractivity contribution in [3.63, 3.8) is 0 Å². The maximum absolute atomic E-state index is 12.6. The summed E-state index contributed by atoms with van der Waals surface area (Å²) in [6.45, 7) is 0.193. The molecule has 7 heteroatoms. The van der Waals surface area contributed by atoms with Gasteiger partial charge in [-0.15, -0.1) is 0 Å². The minimum absolute atomic E-state index is 0.331. The molecule has 0 saturated carbocycles. The fourth-order valence-electron chi connectivity index (χ4n) is 0.880. The first kappa shape index (κ1) is 15.2. The van der Waals surface area contributed by atoms with Crippen molar-refractivity contribution in [1.82, 2.24) is 10.6 Å². The zero-order valence-corrected chi connectivity index (χ0v) is 9.43. The Morgan fingerprint density at radius 1 is 1.56 bits per heavy atom. The van der Waals surface area contributed by atoms with Gasteiger partial charge in [0.15, 0.2) is 0 Å². The van der Waals surface area contributed by atoms with Gasteiger partial charge in [-0.3, -0.25) is 4.79 Å². The molecule has 0 rings (SSSR count). The van der Waals surface area contributed by atoms with Gasteiger partial charge in [-0.1, -0.05) is 0 Å². The Kier molecular flexibility index (Phi) is 7.11. The molecule has 5 nitrogen and oxygen atoms in total. The third-order valence-electron chi connectivity index (χ3n) is 1.90. The van der Waals surface area contributed by atoms with Gasteiger partial charge < -0.3 is 20.5 Å². The normalized spacial score (nSPS) is 13.6. The number of carbonyl (C=O) groups is 1. The third-order valence-corrected chi connectivity index (χ3v) is 1.90. The highest BCUT2D eigenvalue weighted by Gasteiger charge is 2.28. The summed E-state index contributed by atoms with van der Waals surface area (Å²) in [6.07, 6.45) is 0. The maximum atomic E-state index is 12.6. The first-order valence-electron chi connectivity index (χ1n) is 4.91. The highest BCUT2D eigenvalue weighted by Crippen LogP contribution is 2.09. The number of aliphatic hydroxyl groups is 1. The second-order valence-electron chi connectivity index (χ2n) is 3.40. The van der Waals surface area contributed by atoms with E-state index in [4.69, 9.17) is 9.84 Å². The van der Waals surface area contributed by atoms with E-state index in [0.29, 0.717) is 13.2 Å². The van der Waals surface area contributed by atoms with Crippen molar-refractivity contribution in [2.24, 2.45) is 0 Å². The molecular formula is C9H18F2N2O3. The molecule has 0 fully saturated rings. The zero-order valence-electron chi connectivity index (χ0n) is 9.43. The lowest BCUT2D eigenvalue weighted by Gasteiger charge is -2.18. The molecule has 1 amide bonds. The van der Waals surface area contributed by atoms with E-state index in [1.165, 1.54) is 14.0 Å².